The molecule has 0 radical (unpaired) electrons. The lowest BCUT2D eigenvalue weighted by molar-refractivity contribution is -0.134. The van der Waals surface area contributed by atoms with E-state index in [0.717, 1.165) is 0 Å². The molecule has 0 atom stereocenters. The van der Waals surface area contributed by atoms with Crippen LogP contribution in [0, 0.1) is 0 Å². The maximum Gasteiger partial charge on any atom is 0.408 e. The monoisotopic (exact) mass is 273 g/mol. The van der Waals surface area contributed by atoms with Crippen molar-refractivity contribution >= 4 is 17.9 Å². The quantitative estimate of drug-likeness (QED) is 0.723. The van der Waals surface area contributed by atoms with Crippen LogP contribution >= 0.6 is 0 Å². The number of carbonyl (C=O) groups excluding carboxylic acids is 3. The van der Waals surface area contributed by atoms with Gasteiger partial charge in [0, 0.05) is 6.54 Å². The van der Waals surface area contributed by atoms with Crippen molar-refractivity contribution in [1.29, 1.82) is 0 Å². The summed E-state index contributed by atoms with van der Waals surface area (Å²) >= 11 is 0. The molecule has 7 nitrogen and oxygen atoms in total. The molecule has 0 saturated heterocycles. The molecule has 0 spiro atoms. The SMILES string of the molecule is CCCN(CC(N)=O)C(=O)CNC(=O)OC(C)(C)C. The fourth-order valence-corrected chi connectivity index (χ4v) is 1.32. The molecule has 0 unspecified atom stereocenters. The molecule has 0 bridgehead atoms. The fourth-order valence-electron chi connectivity index (χ4n) is 1.32. The van der Waals surface area contributed by atoms with Crippen LogP contribution < -0.4 is 11.1 Å². The number of hydrogen-bond donors (Lipinski definition) is 2. The van der Waals surface area contributed by atoms with Crippen molar-refractivity contribution in [2.24, 2.45) is 5.73 Å². The van der Waals surface area contributed by atoms with E-state index in [9.17, 15) is 14.4 Å². The number of hydrogen-bond acceptors (Lipinski definition) is 4. The van der Waals surface area contributed by atoms with Gasteiger partial charge in [-0.3, -0.25) is 9.59 Å². The second kappa shape index (κ2) is 7.60. The minimum absolute atomic E-state index is 0.150. The zero-order valence-corrected chi connectivity index (χ0v) is 12.0. The molecule has 0 aliphatic rings. The average Bonchev–Trinajstić information content (AvgIpc) is 2.22. The largest absolute Gasteiger partial charge is 0.444 e. The molecule has 110 valence electrons. The highest BCUT2D eigenvalue weighted by molar-refractivity contribution is 5.86. The normalized spacial score (nSPS) is 10.7. The van der Waals surface area contributed by atoms with Crippen molar-refractivity contribution in [2.75, 3.05) is 19.6 Å². The standard InChI is InChI=1S/C12H23N3O4/c1-5-6-15(8-9(13)16)10(17)7-14-11(18)19-12(2,3)4/h5-8H2,1-4H3,(H2,13,16)(H,14,18). The summed E-state index contributed by atoms with van der Waals surface area (Å²) in [4.78, 5) is 35.3. The number of amides is 3. The van der Waals surface area contributed by atoms with E-state index in [-0.39, 0.29) is 19.0 Å². The third kappa shape index (κ3) is 8.87. The lowest BCUT2D eigenvalue weighted by Gasteiger charge is -2.22. The molecule has 0 rings (SSSR count). The van der Waals surface area contributed by atoms with Crippen LogP contribution in [0.2, 0.25) is 0 Å². The summed E-state index contributed by atoms with van der Waals surface area (Å²) < 4.78 is 5.00. The van der Waals surface area contributed by atoms with Crippen molar-refractivity contribution in [1.82, 2.24) is 10.2 Å². The fraction of sp³-hybridized carbons (Fsp3) is 0.750. The van der Waals surface area contributed by atoms with E-state index in [1.54, 1.807) is 20.8 Å². The van der Waals surface area contributed by atoms with Gasteiger partial charge in [0.25, 0.3) is 0 Å². The first kappa shape index (κ1) is 17.2. The molecule has 0 aromatic heterocycles. The Morgan fingerprint density at radius 3 is 2.26 bits per heavy atom. The molecule has 0 aromatic carbocycles. The summed E-state index contributed by atoms with van der Waals surface area (Å²) in [5, 5.41) is 2.35. The highest BCUT2D eigenvalue weighted by Gasteiger charge is 2.19. The second-order valence-corrected chi connectivity index (χ2v) is 5.14. The number of ether oxygens (including phenoxy) is 1. The van der Waals surface area contributed by atoms with Gasteiger partial charge in [-0.05, 0) is 27.2 Å². The van der Waals surface area contributed by atoms with Crippen molar-refractivity contribution in [3.63, 3.8) is 0 Å². The first-order valence-electron chi connectivity index (χ1n) is 6.18. The van der Waals surface area contributed by atoms with E-state index in [1.165, 1.54) is 4.90 Å². The van der Waals surface area contributed by atoms with Gasteiger partial charge in [-0.1, -0.05) is 6.92 Å². The van der Waals surface area contributed by atoms with Crippen LogP contribution in [-0.2, 0) is 14.3 Å². The van der Waals surface area contributed by atoms with Gasteiger partial charge in [-0.25, -0.2) is 4.79 Å². The molecule has 0 aliphatic carbocycles. The molecule has 0 fully saturated rings. The summed E-state index contributed by atoms with van der Waals surface area (Å²) in [6.45, 7) is 7.10. The predicted octanol–water partition coefficient (Wildman–Crippen LogP) is 0.235. The van der Waals surface area contributed by atoms with Crippen LogP contribution in [0.15, 0.2) is 0 Å². The van der Waals surface area contributed by atoms with E-state index in [4.69, 9.17) is 10.5 Å². The molecule has 0 aliphatic heterocycles. The lowest BCUT2D eigenvalue weighted by atomic mass is 10.2. The zero-order valence-electron chi connectivity index (χ0n) is 12.0. The molecular weight excluding hydrogens is 250 g/mol. The van der Waals surface area contributed by atoms with Crippen LogP contribution in [0.4, 0.5) is 4.79 Å². The molecule has 19 heavy (non-hydrogen) atoms. The van der Waals surface area contributed by atoms with E-state index in [2.05, 4.69) is 5.32 Å². The van der Waals surface area contributed by atoms with Gasteiger partial charge < -0.3 is 20.7 Å². The third-order valence-electron chi connectivity index (χ3n) is 1.98. The summed E-state index contributed by atoms with van der Waals surface area (Å²) in [5.74, 6) is -0.953. The number of nitrogens with one attached hydrogen (secondary N) is 1. The Labute approximate surface area is 113 Å². The molecule has 0 aromatic rings. The minimum Gasteiger partial charge on any atom is -0.444 e. The number of carbonyl (C=O) groups is 3. The number of nitrogens with zero attached hydrogens (tertiary/aromatic N) is 1. The van der Waals surface area contributed by atoms with E-state index in [0.29, 0.717) is 13.0 Å². The highest BCUT2D eigenvalue weighted by atomic mass is 16.6. The highest BCUT2D eigenvalue weighted by Crippen LogP contribution is 2.06. The summed E-state index contributed by atoms with van der Waals surface area (Å²) in [7, 11) is 0. The van der Waals surface area contributed by atoms with Crippen molar-refractivity contribution in [3.05, 3.63) is 0 Å². The Morgan fingerprint density at radius 1 is 1.26 bits per heavy atom. The topological polar surface area (TPSA) is 102 Å². The number of alkyl carbamates (subject to hydrolysis) is 1. The van der Waals surface area contributed by atoms with Crippen LogP contribution in [0.3, 0.4) is 0 Å². The predicted molar refractivity (Wildman–Crippen MR) is 70.3 cm³/mol. The Hall–Kier alpha value is -1.79. The van der Waals surface area contributed by atoms with Gasteiger partial charge in [-0.15, -0.1) is 0 Å². The molecular formula is C12H23N3O4. The number of primary amides is 1. The zero-order chi connectivity index (χ0) is 15.1. The van der Waals surface area contributed by atoms with Crippen LogP contribution in [0.5, 0.6) is 0 Å². The van der Waals surface area contributed by atoms with Crippen LogP contribution in [0.1, 0.15) is 34.1 Å². The Kier molecular flexibility index (Phi) is 6.89. The third-order valence-corrected chi connectivity index (χ3v) is 1.98. The van der Waals surface area contributed by atoms with Crippen LogP contribution in [0.25, 0.3) is 0 Å². The maximum atomic E-state index is 11.8. The summed E-state index contributed by atoms with van der Waals surface area (Å²) in [6, 6.07) is 0. The van der Waals surface area contributed by atoms with Gasteiger partial charge >= 0.3 is 6.09 Å². The minimum atomic E-state index is -0.670. The summed E-state index contributed by atoms with van der Waals surface area (Å²) in [6.07, 6.45) is 0.0298. The van der Waals surface area contributed by atoms with Gasteiger partial charge in [-0.2, -0.15) is 0 Å². The van der Waals surface area contributed by atoms with Gasteiger partial charge in [0.2, 0.25) is 11.8 Å². The Balaban J connectivity index is 4.25. The first-order chi connectivity index (χ1) is 8.65. The summed E-state index contributed by atoms with van der Waals surface area (Å²) in [5.41, 5.74) is 4.43. The van der Waals surface area contributed by atoms with E-state index >= 15 is 0 Å². The number of nitrogens with two attached hydrogens (primary N) is 1. The molecule has 3 N–H and O–H groups in total. The first-order valence-corrected chi connectivity index (χ1v) is 6.18. The van der Waals surface area contributed by atoms with Crippen molar-refractivity contribution in [2.45, 2.75) is 39.7 Å². The number of rotatable bonds is 6. The Bertz CT molecular complexity index is 336. The van der Waals surface area contributed by atoms with Crippen molar-refractivity contribution in [3.8, 4) is 0 Å². The van der Waals surface area contributed by atoms with Gasteiger partial charge in [0.15, 0.2) is 0 Å². The van der Waals surface area contributed by atoms with Gasteiger partial charge in [0.05, 0.1) is 6.54 Å². The Morgan fingerprint density at radius 2 is 1.84 bits per heavy atom. The van der Waals surface area contributed by atoms with E-state index < -0.39 is 17.6 Å². The van der Waals surface area contributed by atoms with Crippen molar-refractivity contribution < 1.29 is 19.1 Å². The van der Waals surface area contributed by atoms with E-state index in [1.807, 2.05) is 6.92 Å². The van der Waals surface area contributed by atoms with Gasteiger partial charge in [0.1, 0.15) is 12.1 Å². The average molecular weight is 273 g/mol. The van der Waals surface area contributed by atoms with Crippen LogP contribution in [-0.4, -0.2) is 48.0 Å². The molecule has 3 amide bonds. The second-order valence-electron chi connectivity index (χ2n) is 5.14. The smallest absolute Gasteiger partial charge is 0.408 e. The molecule has 0 heterocycles. The lowest BCUT2D eigenvalue weighted by Crippen LogP contribution is -2.45. The molecule has 0 saturated carbocycles. The maximum absolute atomic E-state index is 11.8. The molecule has 7 heteroatoms.